The molecule has 0 atom stereocenters. The second-order valence-corrected chi connectivity index (χ2v) is 8.44. The number of H-pyrrole nitrogens is 1. The molecule has 0 bridgehead atoms. The van der Waals surface area contributed by atoms with Crippen molar-refractivity contribution in [3.8, 4) is 0 Å². The third-order valence-corrected chi connectivity index (χ3v) is 5.59. The van der Waals surface area contributed by atoms with Crippen LogP contribution in [0.15, 0.2) is 30.5 Å². The molecule has 0 spiro atoms. The lowest BCUT2D eigenvalue weighted by molar-refractivity contribution is 0.100. The summed E-state index contributed by atoms with van der Waals surface area (Å²) in [6.07, 6.45) is 0.922. The Kier molecular flexibility index (Phi) is 6.29. The molecule has 0 aliphatic carbocycles. The van der Waals surface area contributed by atoms with Gasteiger partial charge in [-0.15, -0.1) is 0 Å². The number of nitrogens with one attached hydrogen (secondary N) is 3. The Balaban J connectivity index is 1.87. The fourth-order valence-corrected chi connectivity index (χ4v) is 3.85. The fraction of sp³-hybridized carbons (Fsp3) is 0.211. The number of halogens is 3. The van der Waals surface area contributed by atoms with Crippen molar-refractivity contribution in [1.29, 1.82) is 0 Å². The van der Waals surface area contributed by atoms with E-state index in [2.05, 4.69) is 15.3 Å². The highest BCUT2D eigenvalue weighted by Gasteiger charge is 2.23. The molecule has 1 aromatic carbocycles. The minimum atomic E-state index is -4.09. The Morgan fingerprint density at radius 1 is 1.19 bits per heavy atom. The Morgan fingerprint density at radius 2 is 1.94 bits per heavy atom. The van der Waals surface area contributed by atoms with Gasteiger partial charge in [0.25, 0.3) is 5.91 Å². The third kappa shape index (κ3) is 5.02. The average molecular weight is 454 g/mol. The van der Waals surface area contributed by atoms with Crippen LogP contribution < -0.4 is 10.0 Å². The molecule has 0 aliphatic heterocycles. The van der Waals surface area contributed by atoms with E-state index in [9.17, 15) is 31.2 Å². The molecule has 3 aromatic rings. The van der Waals surface area contributed by atoms with Crippen LogP contribution in [0.25, 0.3) is 11.0 Å². The van der Waals surface area contributed by atoms with E-state index in [1.807, 2.05) is 4.72 Å². The Labute approximate surface area is 174 Å². The number of pyridine rings is 1. The van der Waals surface area contributed by atoms with Crippen LogP contribution in [0.1, 0.15) is 34.2 Å². The first kappa shape index (κ1) is 22.3. The quantitative estimate of drug-likeness (QED) is 0.451. The van der Waals surface area contributed by atoms with Crippen LogP contribution in [-0.2, 0) is 10.0 Å². The number of hydrogen-bond acceptors (Lipinski definition) is 5. The van der Waals surface area contributed by atoms with Crippen molar-refractivity contribution in [3.05, 3.63) is 53.4 Å². The molecule has 0 aliphatic rings. The van der Waals surface area contributed by atoms with Gasteiger partial charge in [0.2, 0.25) is 10.0 Å². The maximum absolute atomic E-state index is 14.7. The zero-order chi connectivity index (χ0) is 22.8. The predicted octanol–water partition coefficient (Wildman–Crippen LogP) is 3.40. The van der Waals surface area contributed by atoms with Crippen molar-refractivity contribution in [1.82, 2.24) is 9.97 Å². The topological polar surface area (TPSA) is 121 Å². The molecule has 1 amide bonds. The molecular formula is C19H17F3N4O4S. The van der Waals surface area contributed by atoms with Crippen LogP contribution >= 0.6 is 0 Å². The number of carbonyl (C=O) groups excluding carboxylic acids is 2. The molecule has 164 valence electrons. The first-order chi connectivity index (χ1) is 14.6. The number of sulfonamides is 1. The molecule has 0 saturated heterocycles. The molecule has 3 N–H and O–H groups in total. The Bertz CT molecular complexity index is 1270. The van der Waals surface area contributed by atoms with Gasteiger partial charge < -0.3 is 10.3 Å². The summed E-state index contributed by atoms with van der Waals surface area (Å²) in [6, 6.07) is 4.51. The SMILES string of the molecule is CC(=O)c1cc2cc(NC(=O)c3c(F)ccc(NS(=O)(=O)CCCF)c3F)cnc2[nH]1. The second kappa shape index (κ2) is 8.76. The summed E-state index contributed by atoms with van der Waals surface area (Å²) in [5.41, 5.74) is -0.875. The Hall–Kier alpha value is -3.41. The molecule has 3 rings (SSSR count). The van der Waals surface area contributed by atoms with Crippen LogP contribution in [-0.4, -0.2) is 42.5 Å². The number of ketones is 1. The number of amides is 1. The van der Waals surface area contributed by atoms with E-state index in [1.54, 1.807) is 0 Å². The van der Waals surface area contributed by atoms with Crippen LogP contribution in [0.5, 0.6) is 0 Å². The van der Waals surface area contributed by atoms with Gasteiger partial charge in [-0.05, 0) is 30.7 Å². The maximum atomic E-state index is 14.7. The third-order valence-electron chi connectivity index (χ3n) is 4.24. The number of benzene rings is 1. The number of carbonyl (C=O) groups is 2. The second-order valence-electron chi connectivity index (χ2n) is 6.60. The normalized spacial score (nSPS) is 11.5. The number of aromatic amines is 1. The van der Waals surface area contributed by atoms with Crippen LogP contribution in [0, 0.1) is 11.6 Å². The van der Waals surface area contributed by atoms with Crippen LogP contribution in [0.4, 0.5) is 24.5 Å². The molecule has 0 saturated carbocycles. The van der Waals surface area contributed by atoms with E-state index < -0.39 is 51.2 Å². The van der Waals surface area contributed by atoms with E-state index in [1.165, 1.54) is 25.3 Å². The van der Waals surface area contributed by atoms with Gasteiger partial charge in [0.1, 0.15) is 17.0 Å². The van der Waals surface area contributed by atoms with Gasteiger partial charge in [0, 0.05) is 12.3 Å². The summed E-state index contributed by atoms with van der Waals surface area (Å²) >= 11 is 0. The van der Waals surface area contributed by atoms with E-state index in [0.717, 1.165) is 12.1 Å². The summed E-state index contributed by atoms with van der Waals surface area (Å²) in [4.78, 5) is 30.8. The first-order valence-electron chi connectivity index (χ1n) is 8.97. The van der Waals surface area contributed by atoms with Crippen LogP contribution in [0.2, 0.25) is 0 Å². The maximum Gasteiger partial charge on any atom is 0.261 e. The summed E-state index contributed by atoms with van der Waals surface area (Å²) in [6.45, 7) is 0.478. The van der Waals surface area contributed by atoms with Crippen molar-refractivity contribution >= 4 is 44.1 Å². The molecular weight excluding hydrogens is 437 g/mol. The lowest BCUT2D eigenvalue weighted by Crippen LogP contribution is -2.21. The zero-order valence-corrected chi connectivity index (χ0v) is 16.9. The van der Waals surface area contributed by atoms with Gasteiger partial charge in [-0.2, -0.15) is 0 Å². The van der Waals surface area contributed by atoms with Gasteiger partial charge in [-0.3, -0.25) is 18.7 Å². The van der Waals surface area contributed by atoms with Crippen molar-refractivity contribution in [2.75, 3.05) is 22.5 Å². The number of hydrogen-bond donors (Lipinski definition) is 3. The molecule has 8 nitrogen and oxygen atoms in total. The van der Waals surface area contributed by atoms with Crippen molar-refractivity contribution in [2.24, 2.45) is 0 Å². The molecule has 0 radical (unpaired) electrons. The van der Waals surface area contributed by atoms with Gasteiger partial charge in [-0.1, -0.05) is 0 Å². The molecule has 12 heteroatoms. The highest BCUT2D eigenvalue weighted by Crippen LogP contribution is 2.24. The highest BCUT2D eigenvalue weighted by molar-refractivity contribution is 7.92. The van der Waals surface area contributed by atoms with Gasteiger partial charge in [-0.25, -0.2) is 22.2 Å². The summed E-state index contributed by atoms with van der Waals surface area (Å²) < 4.78 is 66.7. The van der Waals surface area contributed by atoms with Crippen molar-refractivity contribution in [2.45, 2.75) is 13.3 Å². The van der Waals surface area contributed by atoms with Gasteiger partial charge in [0.05, 0.1) is 35.7 Å². The number of alkyl halides is 1. The number of Topliss-reactive ketones (excluding diaryl/α,β-unsaturated/α-hetero) is 1. The lowest BCUT2D eigenvalue weighted by atomic mass is 10.1. The minimum Gasteiger partial charge on any atom is -0.337 e. The summed E-state index contributed by atoms with van der Waals surface area (Å²) in [7, 11) is -4.09. The Morgan fingerprint density at radius 3 is 2.61 bits per heavy atom. The molecule has 0 unspecified atom stereocenters. The minimum absolute atomic E-state index is 0.0966. The standard InChI is InChI=1S/C19H17F3N4O4S/c1-10(27)15-8-11-7-12(9-23-18(11)25-15)24-19(28)16-13(21)3-4-14(17(16)22)26-31(29,30)6-2-5-20/h3-4,7-9,26H,2,5-6H2,1H3,(H,23,25)(H,24,28). The van der Waals surface area contributed by atoms with Gasteiger partial charge in [0.15, 0.2) is 11.6 Å². The fourth-order valence-electron chi connectivity index (χ4n) is 2.77. The lowest BCUT2D eigenvalue weighted by Gasteiger charge is -2.12. The average Bonchev–Trinajstić information content (AvgIpc) is 3.12. The summed E-state index contributed by atoms with van der Waals surface area (Å²) in [5.74, 6) is -4.64. The largest absolute Gasteiger partial charge is 0.337 e. The molecule has 31 heavy (non-hydrogen) atoms. The van der Waals surface area contributed by atoms with E-state index in [4.69, 9.17) is 0 Å². The number of fused-ring (bicyclic) bond motifs is 1. The van der Waals surface area contributed by atoms with Crippen LogP contribution in [0.3, 0.4) is 0 Å². The molecule has 2 aromatic heterocycles. The first-order valence-corrected chi connectivity index (χ1v) is 10.6. The van der Waals surface area contributed by atoms with Gasteiger partial charge >= 0.3 is 0 Å². The van der Waals surface area contributed by atoms with Crippen molar-refractivity contribution in [3.63, 3.8) is 0 Å². The molecule has 2 heterocycles. The zero-order valence-electron chi connectivity index (χ0n) is 16.1. The molecule has 0 fully saturated rings. The number of nitrogens with zero attached hydrogens (tertiary/aromatic N) is 1. The van der Waals surface area contributed by atoms with E-state index in [-0.39, 0.29) is 17.9 Å². The number of aromatic nitrogens is 2. The monoisotopic (exact) mass is 454 g/mol. The van der Waals surface area contributed by atoms with E-state index in [0.29, 0.717) is 16.7 Å². The number of anilines is 2. The van der Waals surface area contributed by atoms with Crippen molar-refractivity contribution < 1.29 is 31.2 Å². The number of rotatable bonds is 8. The van der Waals surface area contributed by atoms with E-state index >= 15 is 0 Å². The summed E-state index contributed by atoms with van der Waals surface area (Å²) in [5, 5.41) is 2.77. The smallest absolute Gasteiger partial charge is 0.261 e. The highest BCUT2D eigenvalue weighted by atomic mass is 32.2. The predicted molar refractivity (Wildman–Crippen MR) is 108 cm³/mol.